The number of fused-ring (bicyclic) bond motifs is 1. The van der Waals surface area contributed by atoms with E-state index in [1.165, 1.54) is 25.7 Å². The van der Waals surface area contributed by atoms with Crippen LogP contribution in [-0.4, -0.2) is 43.6 Å². The SMILES string of the molecule is COc1ccc(C(=O)N2CCCC3CNCC32)cc1F. The summed E-state index contributed by atoms with van der Waals surface area (Å²) < 4.78 is 18.6. The van der Waals surface area contributed by atoms with Crippen molar-refractivity contribution in [2.45, 2.75) is 18.9 Å². The summed E-state index contributed by atoms with van der Waals surface area (Å²) in [6.45, 7) is 2.58. The molecule has 3 rings (SSSR count). The summed E-state index contributed by atoms with van der Waals surface area (Å²) in [5.41, 5.74) is 0.399. The van der Waals surface area contributed by atoms with Crippen molar-refractivity contribution < 1.29 is 13.9 Å². The first-order valence-electron chi connectivity index (χ1n) is 7.06. The minimum Gasteiger partial charge on any atom is -0.494 e. The van der Waals surface area contributed by atoms with Gasteiger partial charge < -0.3 is 15.0 Å². The first-order valence-corrected chi connectivity index (χ1v) is 7.06. The number of likely N-dealkylation sites (tertiary alicyclic amines) is 1. The maximum absolute atomic E-state index is 13.7. The van der Waals surface area contributed by atoms with E-state index in [4.69, 9.17) is 4.74 Å². The van der Waals surface area contributed by atoms with Crippen LogP contribution in [0.5, 0.6) is 5.75 Å². The number of carbonyl (C=O) groups excluding carboxylic acids is 1. The molecule has 2 aliphatic heterocycles. The standard InChI is InChI=1S/C15H19FN2O2/c1-20-14-5-4-10(7-12(14)16)15(19)18-6-2-3-11-8-17-9-13(11)18/h4-5,7,11,13,17H,2-3,6,8-9H2,1H3. The summed E-state index contributed by atoms with van der Waals surface area (Å²) in [6.07, 6.45) is 2.19. The number of hydrogen-bond donors (Lipinski definition) is 1. The highest BCUT2D eigenvalue weighted by atomic mass is 19.1. The van der Waals surface area contributed by atoms with Crippen molar-refractivity contribution in [2.75, 3.05) is 26.7 Å². The van der Waals surface area contributed by atoms with Crippen LogP contribution < -0.4 is 10.1 Å². The minimum absolute atomic E-state index is 0.0787. The largest absolute Gasteiger partial charge is 0.494 e. The molecule has 20 heavy (non-hydrogen) atoms. The molecule has 1 aromatic carbocycles. The Labute approximate surface area is 117 Å². The second-order valence-electron chi connectivity index (χ2n) is 5.48. The van der Waals surface area contributed by atoms with Crippen molar-refractivity contribution in [3.8, 4) is 5.75 Å². The van der Waals surface area contributed by atoms with Gasteiger partial charge in [-0.2, -0.15) is 0 Å². The number of piperidine rings is 1. The van der Waals surface area contributed by atoms with Gasteiger partial charge in [-0.25, -0.2) is 4.39 Å². The van der Waals surface area contributed by atoms with Crippen LogP contribution in [0.2, 0.25) is 0 Å². The molecule has 2 aliphatic rings. The number of rotatable bonds is 2. The maximum Gasteiger partial charge on any atom is 0.254 e. The van der Waals surface area contributed by atoms with E-state index in [0.717, 1.165) is 26.1 Å². The van der Waals surface area contributed by atoms with Gasteiger partial charge in [-0.1, -0.05) is 0 Å². The molecular weight excluding hydrogens is 259 g/mol. The lowest BCUT2D eigenvalue weighted by molar-refractivity contribution is 0.0574. The van der Waals surface area contributed by atoms with E-state index in [1.54, 1.807) is 6.07 Å². The molecule has 0 aliphatic carbocycles. The third-order valence-corrected chi connectivity index (χ3v) is 4.34. The molecule has 1 amide bonds. The van der Waals surface area contributed by atoms with Gasteiger partial charge in [0.2, 0.25) is 0 Å². The molecule has 2 heterocycles. The number of carbonyl (C=O) groups is 1. The van der Waals surface area contributed by atoms with Crippen LogP contribution in [0.4, 0.5) is 4.39 Å². The van der Waals surface area contributed by atoms with Crippen LogP contribution in [-0.2, 0) is 0 Å². The lowest BCUT2D eigenvalue weighted by atomic mass is 9.91. The Balaban J connectivity index is 1.82. The van der Waals surface area contributed by atoms with Gasteiger partial charge >= 0.3 is 0 Å². The topological polar surface area (TPSA) is 41.6 Å². The molecule has 0 spiro atoms. The van der Waals surface area contributed by atoms with Gasteiger partial charge in [0.15, 0.2) is 11.6 Å². The molecule has 1 aromatic rings. The third kappa shape index (κ3) is 2.26. The zero-order chi connectivity index (χ0) is 14.1. The molecule has 2 saturated heterocycles. The third-order valence-electron chi connectivity index (χ3n) is 4.34. The van der Waals surface area contributed by atoms with E-state index < -0.39 is 5.82 Å². The Bertz CT molecular complexity index is 521. The predicted octanol–water partition coefficient (Wildman–Crippen LogP) is 1.66. The molecule has 0 saturated carbocycles. The van der Waals surface area contributed by atoms with Crippen LogP contribution in [0.3, 0.4) is 0 Å². The van der Waals surface area contributed by atoms with E-state index in [9.17, 15) is 9.18 Å². The summed E-state index contributed by atoms with van der Waals surface area (Å²) in [5.74, 6) is 0.137. The molecule has 2 fully saturated rings. The van der Waals surface area contributed by atoms with E-state index >= 15 is 0 Å². The van der Waals surface area contributed by atoms with Crippen molar-refractivity contribution in [1.82, 2.24) is 10.2 Å². The normalized spacial score (nSPS) is 25.4. The Morgan fingerprint density at radius 3 is 3.05 bits per heavy atom. The van der Waals surface area contributed by atoms with Crippen LogP contribution in [0.25, 0.3) is 0 Å². The van der Waals surface area contributed by atoms with Crippen LogP contribution in [0.15, 0.2) is 18.2 Å². The summed E-state index contributed by atoms with van der Waals surface area (Å²) in [5, 5.41) is 3.34. The molecule has 0 aromatic heterocycles. The predicted molar refractivity (Wildman–Crippen MR) is 73.4 cm³/mol. The van der Waals surface area contributed by atoms with Crippen LogP contribution in [0.1, 0.15) is 23.2 Å². The average Bonchev–Trinajstić information content (AvgIpc) is 2.94. The number of ether oxygens (including phenoxy) is 1. The smallest absolute Gasteiger partial charge is 0.254 e. The average molecular weight is 278 g/mol. The van der Waals surface area contributed by atoms with Crippen molar-refractivity contribution in [1.29, 1.82) is 0 Å². The lowest BCUT2D eigenvalue weighted by Crippen LogP contribution is -2.48. The molecule has 1 N–H and O–H groups in total. The van der Waals surface area contributed by atoms with E-state index in [-0.39, 0.29) is 17.7 Å². The Kier molecular flexibility index (Phi) is 3.61. The zero-order valence-electron chi connectivity index (χ0n) is 11.6. The van der Waals surface area contributed by atoms with Crippen molar-refractivity contribution in [2.24, 2.45) is 5.92 Å². The second kappa shape index (κ2) is 5.40. The molecule has 0 bridgehead atoms. The van der Waals surface area contributed by atoms with Gasteiger partial charge in [0.1, 0.15) is 0 Å². The maximum atomic E-state index is 13.7. The summed E-state index contributed by atoms with van der Waals surface area (Å²) in [6, 6.07) is 4.67. The Morgan fingerprint density at radius 2 is 2.30 bits per heavy atom. The number of methoxy groups -OCH3 is 1. The fraction of sp³-hybridized carbons (Fsp3) is 0.533. The fourth-order valence-electron chi connectivity index (χ4n) is 3.29. The first-order chi connectivity index (χ1) is 9.70. The molecule has 4 nitrogen and oxygen atoms in total. The highest BCUT2D eigenvalue weighted by molar-refractivity contribution is 5.94. The minimum atomic E-state index is -0.489. The Morgan fingerprint density at radius 1 is 1.45 bits per heavy atom. The number of nitrogens with zero attached hydrogens (tertiary/aromatic N) is 1. The molecule has 2 atom stereocenters. The monoisotopic (exact) mass is 278 g/mol. The van der Waals surface area contributed by atoms with Crippen LogP contribution >= 0.6 is 0 Å². The second-order valence-corrected chi connectivity index (χ2v) is 5.48. The zero-order valence-corrected chi connectivity index (χ0v) is 11.6. The van der Waals surface area contributed by atoms with Gasteiger partial charge in [-0.3, -0.25) is 4.79 Å². The quantitative estimate of drug-likeness (QED) is 0.894. The van der Waals surface area contributed by atoms with Gasteiger partial charge in [-0.05, 0) is 37.0 Å². The number of nitrogens with one attached hydrogen (secondary N) is 1. The number of benzene rings is 1. The summed E-state index contributed by atoms with van der Waals surface area (Å²) >= 11 is 0. The first kappa shape index (κ1) is 13.4. The molecule has 2 unspecified atom stereocenters. The van der Waals surface area contributed by atoms with Crippen molar-refractivity contribution in [3.63, 3.8) is 0 Å². The lowest BCUT2D eigenvalue weighted by Gasteiger charge is -2.37. The number of amides is 1. The molecular formula is C15H19FN2O2. The fourth-order valence-corrected chi connectivity index (χ4v) is 3.29. The van der Waals surface area contributed by atoms with Crippen LogP contribution in [0, 0.1) is 11.7 Å². The van der Waals surface area contributed by atoms with Crippen molar-refractivity contribution >= 4 is 5.91 Å². The summed E-state index contributed by atoms with van der Waals surface area (Å²) in [4.78, 5) is 14.5. The van der Waals surface area contributed by atoms with Gasteiger partial charge in [0, 0.05) is 31.2 Å². The highest BCUT2D eigenvalue weighted by Gasteiger charge is 2.37. The van der Waals surface area contributed by atoms with E-state index in [1.807, 2.05) is 4.90 Å². The van der Waals surface area contributed by atoms with Gasteiger partial charge in [0.25, 0.3) is 5.91 Å². The Hall–Kier alpha value is -1.62. The molecule has 108 valence electrons. The molecule has 5 heteroatoms. The highest BCUT2D eigenvalue weighted by Crippen LogP contribution is 2.28. The summed E-state index contributed by atoms with van der Waals surface area (Å²) in [7, 11) is 1.42. The van der Waals surface area contributed by atoms with Crippen molar-refractivity contribution in [3.05, 3.63) is 29.6 Å². The van der Waals surface area contributed by atoms with E-state index in [2.05, 4.69) is 5.32 Å². The number of hydrogen-bond acceptors (Lipinski definition) is 3. The van der Waals surface area contributed by atoms with Gasteiger partial charge in [0.05, 0.1) is 7.11 Å². The van der Waals surface area contributed by atoms with Gasteiger partial charge in [-0.15, -0.1) is 0 Å². The molecule has 0 radical (unpaired) electrons. The number of halogens is 1. The van der Waals surface area contributed by atoms with E-state index in [0.29, 0.717) is 11.5 Å².